The molecule has 7 heteroatoms. The van der Waals surface area contributed by atoms with E-state index >= 15 is 0 Å². The number of pyridine rings is 1. The van der Waals surface area contributed by atoms with Crippen molar-refractivity contribution >= 4 is 5.82 Å². The number of hydrogen-bond acceptors (Lipinski definition) is 7. The first-order chi connectivity index (χ1) is 12.2. The monoisotopic (exact) mass is 338 g/mol. The Morgan fingerprint density at radius 1 is 1.44 bits per heavy atom. The van der Waals surface area contributed by atoms with Crippen LogP contribution in [0.5, 0.6) is 0 Å². The fourth-order valence-electron chi connectivity index (χ4n) is 3.34. The first-order valence-corrected chi connectivity index (χ1v) is 8.91. The third-order valence-corrected chi connectivity index (χ3v) is 5.11. The molecule has 0 amide bonds. The van der Waals surface area contributed by atoms with Crippen LogP contribution in [0.25, 0.3) is 0 Å². The van der Waals surface area contributed by atoms with Gasteiger partial charge in [0.05, 0.1) is 11.6 Å². The highest BCUT2D eigenvalue weighted by Gasteiger charge is 2.33. The Morgan fingerprint density at radius 2 is 2.32 bits per heavy atom. The quantitative estimate of drug-likeness (QED) is 0.866. The summed E-state index contributed by atoms with van der Waals surface area (Å²) in [7, 11) is 0. The van der Waals surface area contributed by atoms with E-state index in [2.05, 4.69) is 38.3 Å². The molecule has 2 unspecified atom stereocenters. The maximum Gasteiger partial charge on any atom is 0.243 e. The van der Waals surface area contributed by atoms with Gasteiger partial charge in [0.2, 0.25) is 5.89 Å². The SMILES string of the molecule is CC(c1nc(C2CC2)no1)N1CCC(CNc2ncccc2C#N)C1. The van der Waals surface area contributed by atoms with Gasteiger partial charge in [-0.1, -0.05) is 5.16 Å². The van der Waals surface area contributed by atoms with Crippen LogP contribution < -0.4 is 5.32 Å². The first kappa shape index (κ1) is 16.0. The molecule has 2 fully saturated rings. The van der Waals surface area contributed by atoms with Gasteiger partial charge in [-0.2, -0.15) is 10.2 Å². The van der Waals surface area contributed by atoms with E-state index in [0.717, 1.165) is 37.8 Å². The topological polar surface area (TPSA) is 90.9 Å². The maximum atomic E-state index is 9.14. The molecule has 25 heavy (non-hydrogen) atoms. The molecule has 7 nitrogen and oxygen atoms in total. The minimum Gasteiger partial charge on any atom is -0.369 e. The Bertz CT molecular complexity index is 778. The Kier molecular flexibility index (Phi) is 4.36. The lowest BCUT2D eigenvalue weighted by Gasteiger charge is -2.21. The van der Waals surface area contributed by atoms with Crippen LogP contribution in [0.3, 0.4) is 0 Å². The third kappa shape index (κ3) is 3.49. The summed E-state index contributed by atoms with van der Waals surface area (Å²) in [5.41, 5.74) is 0.587. The lowest BCUT2D eigenvalue weighted by atomic mass is 10.1. The molecule has 0 radical (unpaired) electrons. The fourth-order valence-corrected chi connectivity index (χ4v) is 3.34. The molecule has 130 valence electrons. The van der Waals surface area contributed by atoms with Gasteiger partial charge in [0, 0.05) is 25.2 Å². The van der Waals surface area contributed by atoms with Crippen molar-refractivity contribution in [2.75, 3.05) is 25.0 Å². The average Bonchev–Trinajstić information content (AvgIpc) is 3.19. The summed E-state index contributed by atoms with van der Waals surface area (Å²) in [6, 6.07) is 5.88. The molecule has 2 aliphatic rings. The summed E-state index contributed by atoms with van der Waals surface area (Å²) in [6.07, 6.45) is 5.18. The molecule has 1 saturated heterocycles. The van der Waals surface area contributed by atoms with E-state index in [1.165, 1.54) is 12.8 Å². The predicted molar refractivity (Wildman–Crippen MR) is 91.8 cm³/mol. The van der Waals surface area contributed by atoms with Crippen LogP contribution in [-0.4, -0.2) is 39.7 Å². The zero-order chi connectivity index (χ0) is 17.2. The van der Waals surface area contributed by atoms with E-state index in [9.17, 15) is 0 Å². The molecule has 1 aliphatic carbocycles. The first-order valence-electron chi connectivity index (χ1n) is 8.91. The van der Waals surface area contributed by atoms with Gasteiger partial charge in [-0.15, -0.1) is 0 Å². The Balaban J connectivity index is 1.32. The van der Waals surface area contributed by atoms with Gasteiger partial charge in [0.15, 0.2) is 5.82 Å². The zero-order valence-corrected chi connectivity index (χ0v) is 14.4. The van der Waals surface area contributed by atoms with E-state index in [0.29, 0.717) is 23.2 Å². The highest BCUT2D eigenvalue weighted by Crippen LogP contribution is 2.39. The summed E-state index contributed by atoms with van der Waals surface area (Å²) in [6.45, 7) is 4.94. The molecule has 2 aromatic heterocycles. The summed E-state index contributed by atoms with van der Waals surface area (Å²) in [5, 5.41) is 16.6. The number of nitriles is 1. The zero-order valence-electron chi connectivity index (χ0n) is 14.4. The largest absolute Gasteiger partial charge is 0.369 e. The van der Waals surface area contributed by atoms with Crippen LogP contribution in [0.4, 0.5) is 5.82 Å². The number of hydrogen-bond donors (Lipinski definition) is 1. The molecule has 2 aromatic rings. The van der Waals surface area contributed by atoms with Crippen molar-refractivity contribution in [3.63, 3.8) is 0 Å². The van der Waals surface area contributed by atoms with Crippen molar-refractivity contribution < 1.29 is 4.52 Å². The Hall–Kier alpha value is -2.46. The van der Waals surface area contributed by atoms with E-state index < -0.39 is 0 Å². The van der Waals surface area contributed by atoms with Crippen molar-refractivity contribution in [2.45, 2.75) is 38.1 Å². The van der Waals surface area contributed by atoms with Crippen LogP contribution in [-0.2, 0) is 0 Å². The van der Waals surface area contributed by atoms with E-state index in [1.807, 2.05) is 0 Å². The second-order valence-corrected chi connectivity index (χ2v) is 6.98. The molecule has 3 heterocycles. The van der Waals surface area contributed by atoms with Crippen LogP contribution >= 0.6 is 0 Å². The Labute approximate surface area is 147 Å². The van der Waals surface area contributed by atoms with Crippen molar-refractivity contribution in [3.05, 3.63) is 35.6 Å². The third-order valence-electron chi connectivity index (χ3n) is 5.11. The van der Waals surface area contributed by atoms with Crippen LogP contribution in [0.2, 0.25) is 0 Å². The summed E-state index contributed by atoms with van der Waals surface area (Å²) < 4.78 is 5.47. The molecule has 1 aliphatic heterocycles. The van der Waals surface area contributed by atoms with Crippen molar-refractivity contribution in [3.8, 4) is 6.07 Å². The number of anilines is 1. The number of nitrogens with one attached hydrogen (secondary N) is 1. The van der Waals surface area contributed by atoms with Crippen molar-refractivity contribution in [1.29, 1.82) is 5.26 Å². The maximum absolute atomic E-state index is 9.14. The second kappa shape index (κ2) is 6.81. The second-order valence-electron chi connectivity index (χ2n) is 6.98. The molecule has 0 spiro atoms. The van der Waals surface area contributed by atoms with E-state index in [-0.39, 0.29) is 6.04 Å². The average molecular weight is 338 g/mol. The van der Waals surface area contributed by atoms with Crippen molar-refractivity contribution in [1.82, 2.24) is 20.0 Å². The van der Waals surface area contributed by atoms with E-state index in [4.69, 9.17) is 9.78 Å². The molecule has 1 N–H and O–H groups in total. The normalized spacial score (nSPS) is 21.8. The van der Waals surface area contributed by atoms with Crippen LogP contribution in [0, 0.1) is 17.2 Å². The lowest BCUT2D eigenvalue weighted by molar-refractivity contribution is 0.203. The molecule has 0 aromatic carbocycles. The van der Waals surface area contributed by atoms with Gasteiger partial charge in [0.25, 0.3) is 0 Å². The highest BCUT2D eigenvalue weighted by atomic mass is 16.5. The summed E-state index contributed by atoms with van der Waals surface area (Å²) in [5.74, 6) is 3.31. The predicted octanol–water partition coefficient (Wildman–Crippen LogP) is 2.71. The number of rotatable bonds is 6. The van der Waals surface area contributed by atoms with Gasteiger partial charge in [-0.05, 0) is 50.8 Å². The molecular formula is C18H22N6O. The fraction of sp³-hybridized carbons (Fsp3) is 0.556. The molecule has 0 bridgehead atoms. The van der Waals surface area contributed by atoms with Crippen LogP contribution in [0.15, 0.2) is 22.9 Å². The molecular weight excluding hydrogens is 316 g/mol. The smallest absolute Gasteiger partial charge is 0.243 e. The number of likely N-dealkylation sites (tertiary alicyclic amines) is 1. The highest BCUT2D eigenvalue weighted by molar-refractivity contribution is 5.51. The molecule has 1 saturated carbocycles. The Morgan fingerprint density at radius 3 is 3.12 bits per heavy atom. The number of aromatic nitrogens is 3. The minimum atomic E-state index is 0.148. The minimum absolute atomic E-state index is 0.148. The van der Waals surface area contributed by atoms with E-state index in [1.54, 1.807) is 18.3 Å². The number of nitrogens with zero attached hydrogens (tertiary/aromatic N) is 5. The standard InChI is InChI=1S/C18H22N6O/c1-12(18-22-17(23-25-18)14-4-5-14)24-8-6-13(11-24)10-21-16-15(9-19)3-2-7-20-16/h2-3,7,12-14H,4-6,8,10-11H2,1H3,(H,20,21). The summed E-state index contributed by atoms with van der Waals surface area (Å²) in [4.78, 5) is 11.2. The van der Waals surface area contributed by atoms with Crippen molar-refractivity contribution in [2.24, 2.45) is 5.92 Å². The van der Waals surface area contributed by atoms with Gasteiger partial charge >= 0.3 is 0 Å². The van der Waals surface area contributed by atoms with Gasteiger partial charge < -0.3 is 9.84 Å². The molecule has 4 rings (SSSR count). The summed E-state index contributed by atoms with van der Waals surface area (Å²) >= 11 is 0. The molecule has 2 atom stereocenters. The van der Waals surface area contributed by atoms with Crippen LogP contribution in [0.1, 0.15) is 55.4 Å². The van der Waals surface area contributed by atoms with Gasteiger partial charge in [-0.25, -0.2) is 4.98 Å². The van der Waals surface area contributed by atoms with Gasteiger partial charge in [0.1, 0.15) is 11.9 Å². The van der Waals surface area contributed by atoms with Gasteiger partial charge in [-0.3, -0.25) is 4.90 Å². The lowest BCUT2D eigenvalue weighted by Crippen LogP contribution is -2.26.